The Labute approximate surface area is 130 Å². The molecule has 2 aromatic heterocycles. The van der Waals surface area contributed by atoms with Crippen molar-refractivity contribution in [2.24, 2.45) is 0 Å². The third kappa shape index (κ3) is 2.67. The summed E-state index contributed by atoms with van der Waals surface area (Å²) in [6.07, 6.45) is 0.545. The Morgan fingerprint density at radius 3 is 2.91 bits per heavy atom. The molecule has 1 aliphatic rings. The monoisotopic (exact) mass is 326 g/mol. The zero-order valence-electron chi connectivity index (χ0n) is 12.4. The molecule has 0 saturated carbocycles. The molecule has 2 aromatic rings. The highest BCUT2D eigenvalue weighted by Gasteiger charge is 2.30. The highest BCUT2D eigenvalue weighted by atomic mass is 32.1. The van der Waals surface area contributed by atoms with E-state index >= 15 is 0 Å². The van der Waals surface area contributed by atoms with Crippen LogP contribution in [0.5, 0.6) is 5.88 Å². The van der Waals surface area contributed by atoms with Crippen LogP contribution >= 0.6 is 11.3 Å². The molecule has 2 atom stereocenters. The van der Waals surface area contributed by atoms with Gasteiger partial charge in [0.2, 0.25) is 11.8 Å². The van der Waals surface area contributed by atoms with Crippen molar-refractivity contribution in [1.82, 2.24) is 14.5 Å². The van der Waals surface area contributed by atoms with E-state index in [0.717, 1.165) is 11.3 Å². The number of fused-ring (bicyclic) bond motifs is 1. The molecule has 1 fully saturated rings. The lowest BCUT2D eigenvalue weighted by molar-refractivity contribution is -0.0214. The zero-order chi connectivity index (χ0) is 15.9. The number of aliphatic hydroxyl groups excluding tert-OH is 1. The first-order chi connectivity index (χ1) is 10.5. The third-order valence-corrected chi connectivity index (χ3v) is 4.30. The van der Waals surface area contributed by atoms with E-state index in [0.29, 0.717) is 29.1 Å². The summed E-state index contributed by atoms with van der Waals surface area (Å²) >= 11 is 1.01. The molecule has 3 heterocycles. The van der Waals surface area contributed by atoms with Crippen LogP contribution in [0.4, 0.5) is 5.95 Å². The number of hydrogen-bond donors (Lipinski definition) is 2. The molecule has 0 bridgehead atoms. The number of nitrogens with two attached hydrogens (primary N) is 1. The zero-order valence-corrected chi connectivity index (χ0v) is 13.2. The number of anilines is 1. The number of ether oxygens (including phenoxy) is 2. The largest absolute Gasteiger partial charge is 0.474 e. The summed E-state index contributed by atoms with van der Waals surface area (Å²) in [6, 6.07) is 0. The Hall–Kier alpha value is -1.71. The van der Waals surface area contributed by atoms with Crippen LogP contribution < -0.4 is 15.3 Å². The van der Waals surface area contributed by atoms with Crippen LogP contribution in [0.1, 0.15) is 32.9 Å². The minimum atomic E-state index is -0.445. The predicted molar refractivity (Wildman–Crippen MR) is 82.1 cm³/mol. The Bertz CT molecular complexity index is 741. The summed E-state index contributed by atoms with van der Waals surface area (Å²) < 4.78 is 13.3. The fraction of sp³-hybridized carbons (Fsp3) is 0.615. The molecule has 0 amide bonds. The second-order valence-corrected chi connectivity index (χ2v) is 6.38. The topological polar surface area (TPSA) is 112 Å². The van der Waals surface area contributed by atoms with Crippen LogP contribution in [0.3, 0.4) is 0 Å². The lowest BCUT2D eigenvalue weighted by Crippen LogP contribution is -2.21. The molecule has 0 spiro atoms. The number of aliphatic hydroxyl groups is 1. The first kappa shape index (κ1) is 15.2. The Kier molecular flexibility index (Phi) is 4.02. The fourth-order valence-electron chi connectivity index (χ4n) is 2.48. The van der Waals surface area contributed by atoms with Crippen LogP contribution in [-0.2, 0) is 4.74 Å². The van der Waals surface area contributed by atoms with Crippen molar-refractivity contribution in [2.45, 2.75) is 45.1 Å². The predicted octanol–water partition coefficient (Wildman–Crippen LogP) is 0.892. The normalized spacial score (nSPS) is 21.8. The van der Waals surface area contributed by atoms with Gasteiger partial charge in [-0.15, -0.1) is 0 Å². The van der Waals surface area contributed by atoms with Gasteiger partial charge in [0, 0.05) is 0 Å². The summed E-state index contributed by atoms with van der Waals surface area (Å²) in [4.78, 5) is 20.4. The Morgan fingerprint density at radius 2 is 2.27 bits per heavy atom. The second kappa shape index (κ2) is 5.82. The second-order valence-electron chi connectivity index (χ2n) is 5.42. The van der Waals surface area contributed by atoms with Crippen molar-refractivity contribution in [3.63, 3.8) is 0 Å². The van der Waals surface area contributed by atoms with Crippen molar-refractivity contribution < 1.29 is 14.6 Å². The minimum absolute atomic E-state index is 0.0476. The number of rotatable bonds is 4. The highest BCUT2D eigenvalue weighted by Crippen LogP contribution is 2.33. The minimum Gasteiger partial charge on any atom is -0.474 e. The average Bonchev–Trinajstić information content (AvgIpc) is 3.01. The Balaban J connectivity index is 2.10. The molecule has 3 N–H and O–H groups in total. The standard InChI is InChI=1S/C13H18N4O4S/c1-6(2)20-11-9-10(15-12(14)16-11)17(13(19)22-9)8-4-3-7(5-18)21-8/h6-8,18H,3-5H2,1-2H3,(H2,14,15,16)/t7-,8+/m0/s1. The van der Waals surface area contributed by atoms with E-state index in [-0.39, 0.29) is 29.6 Å². The van der Waals surface area contributed by atoms with Gasteiger partial charge in [0.1, 0.15) is 10.9 Å². The first-order valence-electron chi connectivity index (χ1n) is 7.11. The van der Waals surface area contributed by atoms with E-state index in [9.17, 15) is 9.90 Å². The molecule has 0 aliphatic carbocycles. The van der Waals surface area contributed by atoms with E-state index in [2.05, 4.69) is 9.97 Å². The molecule has 3 rings (SSSR count). The molecule has 0 aromatic carbocycles. The van der Waals surface area contributed by atoms with Gasteiger partial charge in [-0.25, -0.2) is 0 Å². The van der Waals surface area contributed by atoms with Crippen LogP contribution in [0.2, 0.25) is 0 Å². The number of nitrogens with zero attached hydrogens (tertiary/aromatic N) is 3. The SMILES string of the molecule is CC(C)Oc1nc(N)nc2c1sc(=O)n2[C@H]1CC[C@@H](CO)O1. The van der Waals surface area contributed by atoms with Crippen molar-refractivity contribution >= 4 is 27.6 Å². The van der Waals surface area contributed by atoms with Gasteiger partial charge in [-0.2, -0.15) is 9.97 Å². The number of hydrogen-bond acceptors (Lipinski definition) is 8. The van der Waals surface area contributed by atoms with Gasteiger partial charge in [-0.1, -0.05) is 11.3 Å². The molecule has 0 radical (unpaired) electrons. The fourth-order valence-corrected chi connectivity index (χ4v) is 3.37. The maximum absolute atomic E-state index is 12.3. The maximum Gasteiger partial charge on any atom is 0.311 e. The van der Waals surface area contributed by atoms with Gasteiger partial charge in [0.05, 0.1) is 18.8 Å². The molecular weight excluding hydrogens is 308 g/mol. The van der Waals surface area contributed by atoms with E-state index in [4.69, 9.17) is 15.2 Å². The lowest BCUT2D eigenvalue weighted by Gasteiger charge is -2.14. The van der Waals surface area contributed by atoms with Gasteiger partial charge < -0.3 is 20.3 Å². The summed E-state index contributed by atoms with van der Waals surface area (Å²) in [7, 11) is 0. The number of thiazole rings is 1. The number of nitrogen functional groups attached to an aromatic ring is 1. The molecule has 8 nitrogen and oxygen atoms in total. The van der Waals surface area contributed by atoms with Crippen molar-refractivity contribution in [2.75, 3.05) is 12.3 Å². The summed E-state index contributed by atoms with van der Waals surface area (Å²) in [5.74, 6) is 0.362. The van der Waals surface area contributed by atoms with Crippen molar-refractivity contribution in [3.05, 3.63) is 9.67 Å². The first-order valence-corrected chi connectivity index (χ1v) is 7.92. The summed E-state index contributed by atoms with van der Waals surface area (Å²) in [5.41, 5.74) is 6.16. The smallest absolute Gasteiger partial charge is 0.311 e. The third-order valence-electron chi connectivity index (χ3n) is 3.37. The maximum atomic E-state index is 12.3. The lowest BCUT2D eigenvalue weighted by atomic mass is 10.2. The quantitative estimate of drug-likeness (QED) is 0.858. The van der Waals surface area contributed by atoms with Crippen LogP contribution in [0.15, 0.2) is 4.79 Å². The molecule has 0 unspecified atom stereocenters. The van der Waals surface area contributed by atoms with Crippen molar-refractivity contribution in [1.29, 1.82) is 0 Å². The van der Waals surface area contributed by atoms with Crippen molar-refractivity contribution in [3.8, 4) is 5.88 Å². The van der Waals surface area contributed by atoms with E-state index in [1.807, 2.05) is 13.8 Å². The summed E-state index contributed by atoms with van der Waals surface area (Å²) in [5, 5.41) is 9.18. The molecule has 120 valence electrons. The molecule has 1 saturated heterocycles. The van der Waals surface area contributed by atoms with Crippen LogP contribution in [0, 0.1) is 0 Å². The van der Waals surface area contributed by atoms with E-state index < -0.39 is 6.23 Å². The molecule has 1 aliphatic heterocycles. The Morgan fingerprint density at radius 1 is 1.50 bits per heavy atom. The molecular formula is C13H18N4O4S. The van der Waals surface area contributed by atoms with Gasteiger partial charge in [0.15, 0.2) is 5.65 Å². The number of aromatic nitrogens is 3. The van der Waals surface area contributed by atoms with Gasteiger partial charge >= 0.3 is 4.87 Å². The molecule has 9 heteroatoms. The molecule has 22 heavy (non-hydrogen) atoms. The van der Waals surface area contributed by atoms with Crippen LogP contribution in [-0.4, -0.2) is 38.5 Å². The van der Waals surface area contributed by atoms with E-state index in [1.165, 1.54) is 4.57 Å². The van der Waals surface area contributed by atoms with E-state index in [1.54, 1.807) is 0 Å². The van der Waals surface area contributed by atoms with Gasteiger partial charge in [0.25, 0.3) is 0 Å². The highest BCUT2D eigenvalue weighted by molar-refractivity contribution is 7.16. The van der Waals surface area contributed by atoms with Crippen LogP contribution in [0.25, 0.3) is 10.3 Å². The van der Waals surface area contributed by atoms with Gasteiger partial charge in [-0.05, 0) is 26.7 Å². The van der Waals surface area contributed by atoms with Gasteiger partial charge in [-0.3, -0.25) is 9.36 Å². The average molecular weight is 326 g/mol. The summed E-state index contributed by atoms with van der Waals surface area (Å²) in [6.45, 7) is 3.68.